The molecule has 2 N–H and O–H groups in total. The van der Waals surface area contributed by atoms with Gasteiger partial charge in [-0.15, -0.1) is 0 Å². The Kier molecular flexibility index (Phi) is 7.32. The number of carbonyl (C=O) groups is 3. The van der Waals surface area contributed by atoms with Crippen LogP contribution in [-0.2, 0) is 33.3 Å². The number of ether oxygens (including phenoxy) is 4. The summed E-state index contributed by atoms with van der Waals surface area (Å²) in [4.78, 5) is 38.2. The third-order valence-corrected chi connectivity index (χ3v) is 7.47. The lowest BCUT2D eigenvalue weighted by molar-refractivity contribution is -0.277. The van der Waals surface area contributed by atoms with E-state index in [1.807, 2.05) is 6.92 Å². The average molecular weight is 481 g/mol. The van der Waals surface area contributed by atoms with E-state index < -0.39 is 71.5 Å². The molecule has 9 heteroatoms. The van der Waals surface area contributed by atoms with Gasteiger partial charge < -0.3 is 29.2 Å². The van der Waals surface area contributed by atoms with Crippen LogP contribution in [0.5, 0.6) is 0 Å². The molecule has 0 aromatic rings. The zero-order chi connectivity index (χ0) is 25.6. The quantitative estimate of drug-likeness (QED) is 0.346. The number of aliphatic hydroxyl groups is 2. The van der Waals surface area contributed by atoms with E-state index in [1.165, 1.54) is 6.92 Å². The van der Waals surface area contributed by atoms with Crippen molar-refractivity contribution in [1.29, 1.82) is 0 Å². The highest BCUT2D eigenvalue weighted by molar-refractivity contribution is 5.92. The van der Waals surface area contributed by atoms with Crippen LogP contribution in [0.4, 0.5) is 0 Å². The summed E-state index contributed by atoms with van der Waals surface area (Å²) >= 11 is 0. The van der Waals surface area contributed by atoms with Crippen molar-refractivity contribution >= 4 is 17.9 Å². The predicted octanol–water partition coefficient (Wildman–Crippen LogP) is 2.19. The van der Waals surface area contributed by atoms with Gasteiger partial charge in [-0.1, -0.05) is 33.4 Å². The molecule has 3 fully saturated rings. The first kappa shape index (κ1) is 26.4. The molecular formula is C25H36O9. The number of hydrogen-bond donors (Lipinski definition) is 2. The second-order valence-corrected chi connectivity index (χ2v) is 10.1. The van der Waals surface area contributed by atoms with Gasteiger partial charge in [-0.2, -0.15) is 0 Å². The van der Waals surface area contributed by atoms with Gasteiger partial charge in [0, 0.05) is 23.5 Å². The van der Waals surface area contributed by atoms with Crippen LogP contribution in [-0.4, -0.2) is 63.9 Å². The molecule has 3 aliphatic rings. The second kappa shape index (κ2) is 9.43. The summed E-state index contributed by atoms with van der Waals surface area (Å²) in [5.74, 6) is -6.09. The van der Waals surface area contributed by atoms with Gasteiger partial charge in [-0.25, -0.2) is 9.59 Å². The lowest BCUT2D eigenvalue weighted by Gasteiger charge is -2.41. The van der Waals surface area contributed by atoms with Crippen LogP contribution in [0, 0.1) is 17.8 Å². The fourth-order valence-electron chi connectivity index (χ4n) is 4.95. The van der Waals surface area contributed by atoms with E-state index in [2.05, 4.69) is 6.58 Å². The Balaban J connectivity index is 2.15. The molecule has 3 heterocycles. The molecule has 3 rings (SSSR count). The minimum atomic E-state index is -1.97. The highest BCUT2D eigenvalue weighted by Crippen LogP contribution is 2.50. The van der Waals surface area contributed by atoms with Crippen LogP contribution in [0.15, 0.2) is 23.8 Å². The Morgan fingerprint density at radius 1 is 1.29 bits per heavy atom. The van der Waals surface area contributed by atoms with E-state index in [4.69, 9.17) is 18.9 Å². The van der Waals surface area contributed by atoms with Crippen LogP contribution in [0.1, 0.15) is 60.8 Å². The van der Waals surface area contributed by atoms with Crippen molar-refractivity contribution in [2.24, 2.45) is 17.8 Å². The summed E-state index contributed by atoms with van der Waals surface area (Å²) in [6.45, 7) is 13.8. The Hall–Kier alpha value is -2.23. The van der Waals surface area contributed by atoms with Gasteiger partial charge in [0.05, 0.1) is 17.9 Å². The van der Waals surface area contributed by atoms with Crippen molar-refractivity contribution in [1.82, 2.24) is 0 Å². The molecule has 0 aliphatic carbocycles. The summed E-state index contributed by atoms with van der Waals surface area (Å²) in [6.07, 6.45) is -2.12. The normalized spacial score (nSPS) is 41.0. The van der Waals surface area contributed by atoms with Crippen LogP contribution in [0.3, 0.4) is 0 Å². The monoisotopic (exact) mass is 480 g/mol. The first-order valence-electron chi connectivity index (χ1n) is 11.8. The lowest BCUT2D eigenvalue weighted by atomic mass is 9.75. The van der Waals surface area contributed by atoms with Gasteiger partial charge in [0.1, 0.15) is 5.60 Å². The Labute approximate surface area is 200 Å². The number of rotatable bonds is 5. The van der Waals surface area contributed by atoms with Gasteiger partial charge in [-0.05, 0) is 33.6 Å². The molecular weight excluding hydrogens is 444 g/mol. The lowest BCUT2D eigenvalue weighted by Crippen LogP contribution is -2.58. The molecule has 0 spiro atoms. The maximum atomic E-state index is 12.8. The number of fused-ring (bicyclic) bond motifs is 3. The summed E-state index contributed by atoms with van der Waals surface area (Å²) in [7, 11) is 0. The van der Waals surface area contributed by atoms with Crippen LogP contribution < -0.4 is 0 Å². The molecule has 0 aromatic heterocycles. The smallest absolute Gasteiger partial charge is 0.334 e. The van der Waals surface area contributed by atoms with Crippen molar-refractivity contribution in [3.63, 3.8) is 0 Å². The molecule has 3 aliphatic heterocycles. The molecule has 0 saturated carbocycles. The van der Waals surface area contributed by atoms with Crippen molar-refractivity contribution < 1.29 is 43.5 Å². The largest absolute Gasteiger partial charge is 0.455 e. The van der Waals surface area contributed by atoms with Gasteiger partial charge in [0.2, 0.25) is 5.79 Å². The molecule has 2 bridgehead atoms. The zero-order valence-corrected chi connectivity index (χ0v) is 20.7. The SMILES string of the molecule is C=C1C(=O)O[C@@H]2[C@@H]1[C@H](OC(=O)/C(C)=C\C)[C@]1(O)O[C@@H](C[C@@H]1C)C[C@@](C)(O)[C@H]2OC(=O)[C@@H](C)CC. The topological polar surface area (TPSA) is 129 Å². The fourth-order valence-corrected chi connectivity index (χ4v) is 4.95. The Bertz CT molecular complexity index is 891. The minimum absolute atomic E-state index is 0.0000930. The summed E-state index contributed by atoms with van der Waals surface area (Å²) in [5.41, 5.74) is -1.44. The predicted molar refractivity (Wildman–Crippen MR) is 120 cm³/mol. The van der Waals surface area contributed by atoms with Gasteiger partial charge in [0.25, 0.3) is 0 Å². The average Bonchev–Trinajstić information content (AvgIpc) is 3.22. The molecule has 0 radical (unpaired) electrons. The van der Waals surface area contributed by atoms with Crippen molar-refractivity contribution in [2.45, 2.75) is 96.6 Å². The second-order valence-electron chi connectivity index (χ2n) is 10.1. The third kappa shape index (κ3) is 4.53. The van der Waals surface area contributed by atoms with Crippen LogP contribution in [0.25, 0.3) is 0 Å². The maximum absolute atomic E-state index is 12.8. The number of allylic oxidation sites excluding steroid dienone is 1. The molecule has 0 unspecified atom stereocenters. The summed E-state index contributed by atoms with van der Waals surface area (Å²) < 4.78 is 23.1. The molecule has 9 nitrogen and oxygen atoms in total. The molecule has 0 aromatic carbocycles. The van der Waals surface area contributed by atoms with Crippen LogP contribution >= 0.6 is 0 Å². The molecule has 9 atom stereocenters. The zero-order valence-electron chi connectivity index (χ0n) is 20.7. The summed E-state index contributed by atoms with van der Waals surface area (Å²) in [5, 5.41) is 23.2. The van der Waals surface area contributed by atoms with Crippen LogP contribution in [0.2, 0.25) is 0 Å². The van der Waals surface area contributed by atoms with E-state index in [-0.39, 0.29) is 12.0 Å². The van der Waals surface area contributed by atoms with Gasteiger partial charge in [0.15, 0.2) is 18.3 Å². The van der Waals surface area contributed by atoms with Crippen molar-refractivity contribution in [3.8, 4) is 0 Å². The number of esters is 3. The van der Waals surface area contributed by atoms with Crippen molar-refractivity contribution in [2.75, 3.05) is 0 Å². The number of hydrogen-bond acceptors (Lipinski definition) is 9. The van der Waals surface area contributed by atoms with E-state index in [0.29, 0.717) is 18.4 Å². The molecule has 0 amide bonds. The third-order valence-electron chi connectivity index (χ3n) is 7.47. The maximum Gasteiger partial charge on any atom is 0.334 e. The van der Waals surface area contributed by atoms with Crippen molar-refractivity contribution in [3.05, 3.63) is 23.8 Å². The molecule has 34 heavy (non-hydrogen) atoms. The standard InChI is InChI=1S/C25H36O9/c1-8-12(3)21(26)32-19-17-15(6)23(28)31-18(17)20(33-22(27)13(4)9-2)24(7,29)11-16-10-14(5)25(19,30)34-16/h8,13-14,16-20,29-30H,6,9-11H2,1-5,7H3/b12-8-/t13-,14-,16-,17+,18+,19-,20-,24+,25+/m0/s1. The molecule has 3 saturated heterocycles. The summed E-state index contributed by atoms with van der Waals surface area (Å²) in [6, 6.07) is 0. The highest BCUT2D eigenvalue weighted by atomic mass is 16.7. The Morgan fingerprint density at radius 3 is 2.53 bits per heavy atom. The highest BCUT2D eigenvalue weighted by Gasteiger charge is 2.65. The molecule has 190 valence electrons. The van der Waals surface area contributed by atoms with Gasteiger partial charge in [-0.3, -0.25) is 4.79 Å². The number of carbonyl (C=O) groups excluding carboxylic acids is 3. The minimum Gasteiger partial charge on any atom is -0.455 e. The first-order valence-corrected chi connectivity index (χ1v) is 11.8. The van der Waals surface area contributed by atoms with E-state index in [9.17, 15) is 24.6 Å². The van der Waals surface area contributed by atoms with E-state index in [1.54, 1.807) is 33.8 Å². The van der Waals surface area contributed by atoms with Gasteiger partial charge >= 0.3 is 17.9 Å². The Morgan fingerprint density at radius 2 is 1.94 bits per heavy atom. The first-order chi connectivity index (χ1) is 15.8. The van der Waals surface area contributed by atoms with E-state index in [0.717, 1.165) is 0 Å². The van der Waals surface area contributed by atoms with E-state index >= 15 is 0 Å². The fraction of sp³-hybridized carbons (Fsp3) is 0.720.